The fraction of sp³-hybridized carbons (Fsp3) is 0.100. The molecule has 0 aliphatic rings. The van der Waals surface area contributed by atoms with Crippen LogP contribution in [0.3, 0.4) is 0 Å². The van der Waals surface area contributed by atoms with E-state index >= 15 is 0 Å². The van der Waals surface area contributed by atoms with E-state index < -0.39 is 5.97 Å². The number of aromatic amines is 1. The zero-order chi connectivity index (χ0) is 10.7. The summed E-state index contributed by atoms with van der Waals surface area (Å²) < 4.78 is 0. The second-order valence-electron chi connectivity index (χ2n) is 3.07. The van der Waals surface area contributed by atoms with Gasteiger partial charge >= 0.3 is 29.6 Å². The third-order valence-electron chi connectivity index (χ3n) is 2.03. The van der Waals surface area contributed by atoms with Crippen molar-refractivity contribution in [2.45, 2.75) is 6.42 Å². The van der Waals surface area contributed by atoms with Gasteiger partial charge in [0.25, 0.3) is 0 Å². The molecule has 76 valence electrons. The number of aromatic carboxylic acids is 1. The van der Waals surface area contributed by atoms with Crippen LogP contribution in [0.2, 0.25) is 0 Å². The molecule has 1 heterocycles. The second-order valence-corrected chi connectivity index (χ2v) is 3.07. The van der Waals surface area contributed by atoms with Crippen molar-refractivity contribution >= 4 is 5.97 Å². The summed E-state index contributed by atoms with van der Waals surface area (Å²) in [6.45, 7) is 0. The maximum absolute atomic E-state index is 10.6. The van der Waals surface area contributed by atoms with Crippen LogP contribution in [0.15, 0.2) is 30.3 Å². The molecule has 5 nitrogen and oxygen atoms in total. The summed E-state index contributed by atoms with van der Waals surface area (Å²) >= 11 is 0. The van der Waals surface area contributed by atoms with E-state index in [9.17, 15) is 9.90 Å². The van der Waals surface area contributed by atoms with Crippen molar-refractivity contribution < 1.29 is 39.5 Å². The van der Waals surface area contributed by atoms with E-state index in [1.165, 1.54) is 0 Å². The molecule has 0 bridgehead atoms. The third kappa shape index (κ3) is 2.91. The van der Waals surface area contributed by atoms with Crippen LogP contribution in [0.4, 0.5) is 0 Å². The Balaban J connectivity index is 0.00000128. The van der Waals surface area contributed by atoms with Gasteiger partial charge in [0.05, 0.1) is 11.7 Å². The van der Waals surface area contributed by atoms with E-state index in [0.717, 1.165) is 5.56 Å². The zero-order valence-corrected chi connectivity index (χ0v) is 10.8. The minimum Gasteiger partial charge on any atom is -0.543 e. The first kappa shape index (κ1) is 12.9. The first-order chi connectivity index (χ1) is 7.27. The average molecular weight is 225 g/mol. The molecule has 0 amide bonds. The molecule has 0 spiro atoms. The molecule has 0 atom stereocenters. The van der Waals surface area contributed by atoms with E-state index in [2.05, 4.69) is 15.4 Å². The average Bonchev–Trinajstić information content (AvgIpc) is 2.67. The number of carboxylic acid groups (broad SMARTS) is 1. The van der Waals surface area contributed by atoms with Crippen LogP contribution in [0, 0.1) is 0 Å². The van der Waals surface area contributed by atoms with Gasteiger partial charge in [-0.25, -0.2) is 0 Å². The number of rotatable bonds is 3. The van der Waals surface area contributed by atoms with Gasteiger partial charge in [-0.3, -0.25) is 0 Å². The molecule has 1 N–H and O–H groups in total. The predicted octanol–water partition coefficient (Wildman–Crippen LogP) is -3.24. The van der Waals surface area contributed by atoms with Gasteiger partial charge in [-0.1, -0.05) is 30.3 Å². The Hall–Kier alpha value is -1.17. The Kier molecular flexibility index (Phi) is 4.67. The van der Waals surface area contributed by atoms with Gasteiger partial charge in [0.15, 0.2) is 0 Å². The van der Waals surface area contributed by atoms with Crippen LogP contribution < -0.4 is 34.7 Å². The minimum absolute atomic E-state index is 0. The molecule has 6 heteroatoms. The van der Waals surface area contributed by atoms with E-state index in [0.29, 0.717) is 12.1 Å². The van der Waals surface area contributed by atoms with Crippen molar-refractivity contribution in [1.29, 1.82) is 0 Å². The fourth-order valence-electron chi connectivity index (χ4n) is 1.33. The van der Waals surface area contributed by atoms with Crippen LogP contribution in [-0.4, -0.2) is 21.4 Å². The molecule has 0 aliphatic heterocycles. The minimum atomic E-state index is -1.31. The van der Waals surface area contributed by atoms with Crippen molar-refractivity contribution in [3.05, 3.63) is 47.3 Å². The van der Waals surface area contributed by atoms with Crippen LogP contribution in [0.1, 0.15) is 21.7 Å². The molecule has 1 aromatic carbocycles. The monoisotopic (exact) mass is 225 g/mol. The van der Waals surface area contributed by atoms with Crippen molar-refractivity contribution in [3.63, 3.8) is 0 Å². The summed E-state index contributed by atoms with van der Waals surface area (Å²) in [5, 5.41) is 20.2. The topological polar surface area (TPSA) is 81.7 Å². The van der Waals surface area contributed by atoms with E-state index in [-0.39, 0.29) is 35.3 Å². The second kappa shape index (κ2) is 5.79. The molecular formula is C10H8N3NaO2. The molecule has 0 unspecified atom stereocenters. The van der Waals surface area contributed by atoms with Gasteiger partial charge in [0, 0.05) is 6.42 Å². The van der Waals surface area contributed by atoms with Crippen LogP contribution in [0.5, 0.6) is 0 Å². The summed E-state index contributed by atoms with van der Waals surface area (Å²) in [6.07, 6.45) is 0.431. The number of benzene rings is 1. The quantitative estimate of drug-likeness (QED) is 0.557. The Morgan fingerprint density at radius 1 is 1.25 bits per heavy atom. The summed E-state index contributed by atoms with van der Waals surface area (Å²) in [6, 6.07) is 9.45. The van der Waals surface area contributed by atoms with Crippen LogP contribution >= 0.6 is 0 Å². The van der Waals surface area contributed by atoms with Gasteiger partial charge in [-0.15, -0.1) is 0 Å². The van der Waals surface area contributed by atoms with E-state index in [4.69, 9.17) is 0 Å². The van der Waals surface area contributed by atoms with Gasteiger partial charge in [0.2, 0.25) is 0 Å². The van der Waals surface area contributed by atoms with E-state index in [1.54, 1.807) is 0 Å². The van der Waals surface area contributed by atoms with Crippen molar-refractivity contribution in [3.8, 4) is 0 Å². The van der Waals surface area contributed by atoms with E-state index in [1.807, 2.05) is 30.3 Å². The van der Waals surface area contributed by atoms with Crippen LogP contribution in [-0.2, 0) is 6.42 Å². The molecule has 2 rings (SSSR count). The standard InChI is InChI=1S/C10H9N3O2.Na/c14-10(15)9-8(11-13-12-9)6-7-4-2-1-3-5-7;/h1-5H,6H2,(H,14,15)(H,11,12,13);/q;+1/p-1. The van der Waals surface area contributed by atoms with Gasteiger partial charge < -0.3 is 9.90 Å². The SMILES string of the molecule is O=C([O-])c1n[nH]nc1Cc1ccccc1.[Na+]. The fourth-order valence-corrected chi connectivity index (χ4v) is 1.33. The summed E-state index contributed by atoms with van der Waals surface area (Å²) in [5.41, 5.74) is 1.24. The molecule has 1 aromatic heterocycles. The Bertz CT molecular complexity index is 470. The summed E-state index contributed by atoms with van der Waals surface area (Å²) in [5.74, 6) is -1.31. The van der Waals surface area contributed by atoms with Gasteiger partial charge in [-0.2, -0.15) is 15.4 Å². The number of H-pyrrole nitrogens is 1. The molecule has 2 aromatic rings. The summed E-state index contributed by atoms with van der Waals surface area (Å²) in [4.78, 5) is 10.6. The molecule has 0 radical (unpaired) electrons. The summed E-state index contributed by atoms with van der Waals surface area (Å²) in [7, 11) is 0. The molecular weight excluding hydrogens is 217 g/mol. The molecule has 0 fully saturated rings. The van der Waals surface area contributed by atoms with Crippen LogP contribution in [0.25, 0.3) is 0 Å². The number of hydrogen-bond acceptors (Lipinski definition) is 4. The normalized spacial score (nSPS) is 9.50. The molecule has 16 heavy (non-hydrogen) atoms. The largest absolute Gasteiger partial charge is 1.00 e. The zero-order valence-electron chi connectivity index (χ0n) is 8.80. The third-order valence-corrected chi connectivity index (χ3v) is 2.03. The predicted molar refractivity (Wildman–Crippen MR) is 50.0 cm³/mol. The van der Waals surface area contributed by atoms with Gasteiger partial charge in [0.1, 0.15) is 5.69 Å². The number of nitrogens with zero attached hydrogens (tertiary/aromatic N) is 2. The first-order valence-corrected chi connectivity index (χ1v) is 4.42. The number of carbonyl (C=O) groups excluding carboxylic acids is 1. The van der Waals surface area contributed by atoms with Gasteiger partial charge in [-0.05, 0) is 5.56 Å². The smallest absolute Gasteiger partial charge is 0.543 e. The molecule has 0 saturated carbocycles. The van der Waals surface area contributed by atoms with Crippen molar-refractivity contribution in [1.82, 2.24) is 15.4 Å². The Morgan fingerprint density at radius 3 is 2.56 bits per heavy atom. The Morgan fingerprint density at radius 2 is 1.94 bits per heavy atom. The maximum atomic E-state index is 10.6. The Labute approximate surface area is 114 Å². The first-order valence-electron chi connectivity index (χ1n) is 4.42. The number of carbonyl (C=O) groups is 1. The molecule has 0 aliphatic carbocycles. The maximum Gasteiger partial charge on any atom is 1.00 e. The van der Waals surface area contributed by atoms with Crippen molar-refractivity contribution in [2.24, 2.45) is 0 Å². The number of hydrogen-bond donors (Lipinski definition) is 1. The van der Waals surface area contributed by atoms with Crippen molar-refractivity contribution in [2.75, 3.05) is 0 Å². The number of carboxylic acids is 1. The molecule has 0 saturated heterocycles. The number of aromatic nitrogens is 3. The number of nitrogens with one attached hydrogen (secondary N) is 1.